The largest absolute Gasteiger partial charge is 0.307 e. The molecular weight excluding hydrogens is 269 g/mol. The Hall–Kier alpha value is -2.17. The molecule has 0 unspecified atom stereocenters. The molecule has 2 aromatic rings. The van der Waals surface area contributed by atoms with E-state index in [1.807, 2.05) is 17.7 Å². The Morgan fingerprint density at radius 2 is 1.95 bits per heavy atom. The molecule has 1 saturated carbocycles. The van der Waals surface area contributed by atoms with Gasteiger partial charge >= 0.3 is 0 Å². The molecule has 0 aliphatic heterocycles. The van der Waals surface area contributed by atoms with E-state index < -0.39 is 0 Å². The van der Waals surface area contributed by atoms with E-state index in [4.69, 9.17) is 0 Å². The van der Waals surface area contributed by atoms with Crippen molar-refractivity contribution in [1.82, 2.24) is 9.78 Å². The zero-order valence-corrected chi connectivity index (χ0v) is 12.0. The first-order valence-corrected chi connectivity index (χ1v) is 7.26. The molecule has 0 bridgehead atoms. The number of nitrogens with one attached hydrogen (secondary N) is 1. The highest BCUT2D eigenvalue weighted by Crippen LogP contribution is 2.31. The van der Waals surface area contributed by atoms with Crippen molar-refractivity contribution >= 4 is 11.7 Å². The average Bonchev–Trinajstić information content (AvgIpc) is 3.09. The lowest BCUT2D eigenvalue weighted by molar-refractivity contribution is 0.102. The quantitative estimate of drug-likeness (QED) is 0.935. The minimum atomic E-state index is -0.349. The second kappa shape index (κ2) is 5.68. The van der Waals surface area contributed by atoms with E-state index in [9.17, 15) is 9.18 Å². The van der Waals surface area contributed by atoms with Crippen molar-refractivity contribution in [3.05, 3.63) is 47.4 Å². The summed E-state index contributed by atoms with van der Waals surface area (Å²) >= 11 is 0. The van der Waals surface area contributed by atoms with E-state index in [2.05, 4.69) is 10.4 Å². The van der Waals surface area contributed by atoms with Crippen molar-refractivity contribution in [1.29, 1.82) is 0 Å². The fraction of sp³-hybridized carbons (Fsp3) is 0.375. The van der Waals surface area contributed by atoms with Crippen LogP contribution >= 0.6 is 0 Å². The highest BCUT2D eigenvalue weighted by molar-refractivity contribution is 6.03. The number of anilines is 1. The molecule has 4 nitrogen and oxygen atoms in total. The van der Waals surface area contributed by atoms with E-state index in [1.165, 1.54) is 37.1 Å². The van der Waals surface area contributed by atoms with Gasteiger partial charge in [0, 0.05) is 11.6 Å². The highest BCUT2D eigenvalue weighted by atomic mass is 19.1. The molecule has 1 aromatic carbocycles. The molecule has 1 aliphatic rings. The first kappa shape index (κ1) is 13.8. The summed E-state index contributed by atoms with van der Waals surface area (Å²) in [5, 5.41) is 7.38. The topological polar surface area (TPSA) is 46.9 Å². The lowest BCUT2D eigenvalue weighted by Gasteiger charge is -2.14. The van der Waals surface area contributed by atoms with Gasteiger partial charge in [-0.05, 0) is 44.0 Å². The molecule has 0 saturated heterocycles. The number of benzene rings is 1. The van der Waals surface area contributed by atoms with Crippen LogP contribution in [0.5, 0.6) is 0 Å². The van der Waals surface area contributed by atoms with Crippen LogP contribution in [0.3, 0.4) is 0 Å². The monoisotopic (exact) mass is 287 g/mol. The number of nitrogens with zero attached hydrogens (tertiary/aromatic N) is 2. The molecule has 1 N–H and O–H groups in total. The Morgan fingerprint density at radius 1 is 1.29 bits per heavy atom. The summed E-state index contributed by atoms with van der Waals surface area (Å²) in [5.74, 6) is 0.126. The van der Waals surface area contributed by atoms with E-state index in [1.54, 1.807) is 0 Å². The lowest BCUT2D eigenvalue weighted by atomic mass is 10.2. The van der Waals surface area contributed by atoms with E-state index in [-0.39, 0.29) is 11.7 Å². The number of halogens is 1. The minimum absolute atomic E-state index is 0.242. The summed E-state index contributed by atoms with van der Waals surface area (Å²) in [4.78, 5) is 12.2. The molecule has 1 aliphatic carbocycles. The van der Waals surface area contributed by atoms with Gasteiger partial charge in [0.1, 0.15) is 11.6 Å². The predicted molar refractivity (Wildman–Crippen MR) is 78.8 cm³/mol. The molecule has 0 atom stereocenters. The molecule has 0 radical (unpaired) electrons. The van der Waals surface area contributed by atoms with Crippen LogP contribution in [0.1, 0.15) is 47.8 Å². The third-order valence-electron chi connectivity index (χ3n) is 3.88. The first-order chi connectivity index (χ1) is 10.1. The summed E-state index contributed by atoms with van der Waals surface area (Å²) in [6.07, 6.45) is 4.60. The SMILES string of the molecule is Cc1cc(NC(=O)c2ccc(F)cc2)n(C2CCCC2)n1. The van der Waals surface area contributed by atoms with Gasteiger partial charge in [0.2, 0.25) is 0 Å². The molecule has 5 heteroatoms. The third-order valence-corrected chi connectivity index (χ3v) is 3.88. The number of amides is 1. The molecule has 1 aromatic heterocycles. The molecule has 1 amide bonds. The molecule has 1 heterocycles. The van der Waals surface area contributed by atoms with Crippen LogP contribution < -0.4 is 5.32 Å². The average molecular weight is 287 g/mol. The Kier molecular flexibility index (Phi) is 3.73. The lowest BCUT2D eigenvalue weighted by Crippen LogP contribution is -2.17. The standard InChI is InChI=1S/C16H18FN3O/c1-11-10-15(20(19-11)14-4-2-3-5-14)18-16(21)12-6-8-13(17)9-7-12/h6-10,14H,2-5H2,1H3,(H,18,21). The zero-order valence-electron chi connectivity index (χ0n) is 12.0. The van der Waals surface area contributed by atoms with Gasteiger partial charge in [-0.3, -0.25) is 4.79 Å². The van der Waals surface area contributed by atoms with Gasteiger partial charge in [-0.2, -0.15) is 5.10 Å². The van der Waals surface area contributed by atoms with Crippen molar-refractivity contribution in [2.24, 2.45) is 0 Å². The van der Waals surface area contributed by atoms with E-state index in [0.717, 1.165) is 18.5 Å². The Bertz CT molecular complexity index is 642. The van der Waals surface area contributed by atoms with Gasteiger partial charge in [0.15, 0.2) is 0 Å². The van der Waals surface area contributed by atoms with Crippen molar-refractivity contribution in [3.8, 4) is 0 Å². The van der Waals surface area contributed by atoms with Gasteiger partial charge in [0.25, 0.3) is 5.91 Å². The number of rotatable bonds is 3. The molecule has 1 fully saturated rings. The second-order valence-corrected chi connectivity index (χ2v) is 5.51. The van der Waals surface area contributed by atoms with Crippen LogP contribution in [-0.2, 0) is 0 Å². The normalized spacial score (nSPS) is 15.3. The summed E-state index contributed by atoms with van der Waals surface area (Å²) in [6.45, 7) is 1.92. The summed E-state index contributed by atoms with van der Waals surface area (Å²) < 4.78 is 14.8. The molecular formula is C16H18FN3O. The number of aryl methyl sites for hydroxylation is 1. The predicted octanol–water partition coefficient (Wildman–Crippen LogP) is 3.70. The van der Waals surface area contributed by atoms with Crippen LogP contribution in [0, 0.1) is 12.7 Å². The Balaban J connectivity index is 1.81. The van der Waals surface area contributed by atoms with Crippen molar-refractivity contribution < 1.29 is 9.18 Å². The maximum absolute atomic E-state index is 12.9. The van der Waals surface area contributed by atoms with Crippen LogP contribution in [0.2, 0.25) is 0 Å². The minimum Gasteiger partial charge on any atom is -0.307 e. The molecule has 0 spiro atoms. The summed E-state index contributed by atoms with van der Waals surface area (Å²) in [5.41, 5.74) is 1.32. The van der Waals surface area contributed by atoms with Gasteiger partial charge in [-0.1, -0.05) is 12.8 Å². The van der Waals surface area contributed by atoms with Crippen LogP contribution in [0.25, 0.3) is 0 Å². The van der Waals surface area contributed by atoms with Crippen molar-refractivity contribution in [3.63, 3.8) is 0 Å². The van der Waals surface area contributed by atoms with Gasteiger partial charge in [-0.25, -0.2) is 9.07 Å². The Labute approximate surface area is 123 Å². The number of aromatic nitrogens is 2. The maximum Gasteiger partial charge on any atom is 0.256 e. The fourth-order valence-corrected chi connectivity index (χ4v) is 2.83. The van der Waals surface area contributed by atoms with Gasteiger partial charge in [0.05, 0.1) is 11.7 Å². The molecule has 110 valence electrons. The number of hydrogen-bond donors (Lipinski definition) is 1. The fourth-order valence-electron chi connectivity index (χ4n) is 2.83. The van der Waals surface area contributed by atoms with Gasteiger partial charge in [-0.15, -0.1) is 0 Å². The third kappa shape index (κ3) is 2.96. The number of carbonyl (C=O) groups excluding carboxylic acids is 1. The number of hydrogen-bond acceptors (Lipinski definition) is 2. The number of carbonyl (C=O) groups is 1. The van der Waals surface area contributed by atoms with Gasteiger partial charge < -0.3 is 5.32 Å². The first-order valence-electron chi connectivity index (χ1n) is 7.26. The van der Waals surface area contributed by atoms with Crippen molar-refractivity contribution in [2.75, 3.05) is 5.32 Å². The summed E-state index contributed by atoms with van der Waals surface area (Å²) in [6, 6.07) is 7.77. The van der Waals surface area contributed by atoms with Crippen molar-refractivity contribution in [2.45, 2.75) is 38.6 Å². The molecule has 21 heavy (non-hydrogen) atoms. The van der Waals surface area contributed by atoms with E-state index >= 15 is 0 Å². The van der Waals surface area contributed by atoms with Crippen LogP contribution in [-0.4, -0.2) is 15.7 Å². The highest BCUT2D eigenvalue weighted by Gasteiger charge is 2.21. The van der Waals surface area contributed by atoms with Crippen LogP contribution in [0.15, 0.2) is 30.3 Å². The smallest absolute Gasteiger partial charge is 0.256 e. The second-order valence-electron chi connectivity index (χ2n) is 5.51. The zero-order chi connectivity index (χ0) is 14.8. The summed E-state index contributed by atoms with van der Waals surface area (Å²) in [7, 11) is 0. The van der Waals surface area contributed by atoms with Crippen LogP contribution in [0.4, 0.5) is 10.2 Å². The Morgan fingerprint density at radius 3 is 2.62 bits per heavy atom. The molecule has 3 rings (SSSR count). The van der Waals surface area contributed by atoms with E-state index in [0.29, 0.717) is 17.4 Å². The maximum atomic E-state index is 12.9.